The van der Waals surface area contributed by atoms with Crippen molar-refractivity contribution >= 4 is 0 Å². The molecule has 0 aliphatic heterocycles. The Morgan fingerprint density at radius 3 is 0.706 bits per heavy atom. The fourth-order valence-electron chi connectivity index (χ4n) is 1.56. The molecule has 0 aliphatic rings. The Balaban J connectivity index is -0.0000000605. The Hall–Kier alpha value is -0.350. The zero-order chi connectivity index (χ0) is 9.07. The van der Waals surface area contributed by atoms with E-state index in [0.29, 0.717) is 0 Å². The van der Waals surface area contributed by atoms with Gasteiger partial charge in [0.15, 0.2) is 0 Å². The van der Waals surface area contributed by atoms with E-state index in [1.165, 1.54) is 64.2 Å². The molecule has 0 bridgehead atoms. The van der Waals surface area contributed by atoms with Crippen molar-refractivity contribution in [2.24, 2.45) is 0 Å². The molecule has 0 amide bonds. The van der Waals surface area contributed by atoms with Crippen molar-refractivity contribution in [3.63, 3.8) is 0 Å². The minimum atomic E-state index is 0. The van der Waals surface area contributed by atoms with Gasteiger partial charge in [-0.15, -0.1) is 0 Å². The molecule has 5 heteroatoms. The van der Waals surface area contributed by atoms with Crippen LogP contribution in [0.2, 0.25) is 0 Å². The molecule has 0 spiro atoms. The molecule has 114 valence electrons. The lowest BCUT2D eigenvalue weighted by molar-refractivity contribution is 0.562. The lowest BCUT2D eigenvalue weighted by atomic mass is 10.1. The highest BCUT2D eigenvalue weighted by Crippen LogP contribution is 2.09. The van der Waals surface area contributed by atoms with Crippen LogP contribution in [-0.4, -0.2) is 0 Å². The molecule has 0 aromatic carbocycles. The van der Waals surface area contributed by atoms with Crippen molar-refractivity contribution in [3.05, 3.63) is 0 Å². The van der Waals surface area contributed by atoms with Gasteiger partial charge in [-0.25, -0.2) is 0 Å². The van der Waals surface area contributed by atoms with Crippen LogP contribution in [-0.2, 0) is 0 Å². The van der Waals surface area contributed by atoms with Crippen molar-refractivity contribution in [1.29, 1.82) is 0 Å². The normalized spacial score (nSPS) is 7.41. The summed E-state index contributed by atoms with van der Waals surface area (Å²) in [7, 11) is 0. The van der Waals surface area contributed by atoms with E-state index in [0.717, 1.165) is 0 Å². The maximum Gasteiger partial charge on any atom is -0.0533 e. The summed E-state index contributed by atoms with van der Waals surface area (Å²) in [6.45, 7) is 4.56. The molecule has 0 aromatic heterocycles. The fraction of sp³-hybridized carbons (Fsp3) is 1.00. The number of unbranched alkanes of at least 4 members (excludes halogenated alkanes) is 9. The van der Waals surface area contributed by atoms with Crippen LogP contribution >= 0.6 is 0 Å². The molecule has 0 unspecified atom stereocenters. The summed E-state index contributed by atoms with van der Waals surface area (Å²) in [6.07, 6.45) is 14.4. The molecule has 0 nitrogen and oxygen atoms in total. The Bertz CT molecular complexity index is 71.3. The zero-order valence-electron chi connectivity index (χ0n) is 11.1. The van der Waals surface area contributed by atoms with Crippen LogP contribution in [0.3, 0.4) is 0 Å². The van der Waals surface area contributed by atoms with E-state index in [9.17, 15) is 0 Å². The molecule has 0 saturated heterocycles. The third-order valence-corrected chi connectivity index (χ3v) is 2.46. The zero-order valence-corrected chi connectivity index (χ0v) is 11.1. The molecule has 0 saturated carbocycles. The summed E-state index contributed by atoms with van der Waals surface area (Å²) in [5, 5.41) is 0. The van der Waals surface area contributed by atoms with Crippen molar-refractivity contribution in [2.45, 2.75) is 78.1 Å². The van der Waals surface area contributed by atoms with Crippen LogP contribution in [0.15, 0.2) is 0 Å². The number of hydrogen-bond donors (Lipinski definition) is 0. The van der Waals surface area contributed by atoms with Crippen LogP contribution in [0.25, 0.3) is 0 Å². The van der Waals surface area contributed by atoms with Gasteiger partial charge in [0, 0.05) is 0 Å². The van der Waals surface area contributed by atoms with Gasteiger partial charge in [-0.3, -0.25) is 23.5 Å². The maximum absolute atomic E-state index is 2.28. The summed E-state index contributed by atoms with van der Waals surface area (Å²) in [5.41, 5.74) is 0. The second kappa shape index (κ2) is 36.1. The minimum Gasteiger partial charge on any atom is -0.269 e. The van der Waals surface area contributed by atoms with Crippen LogP contribution in [0.4, 0.5) is 23.5 Å². The standard InChI is InChI=1S/C12H26.5FH/c1-3-5-7-9-11-12-10-8-6-4-2;;;;;/h3-12H2,1-2H3;5*1H. The van der Waals surface area contributed by atoms with Crippen LogP contribution in [0.1, 0.15) is 78.1 Å². The van der Waals surface area contributed by atoms with Crippen molar-refractivity contribution in [3.8, 4) is 0 Å². The molecular weight excluding hydrogens is 239 g/mol. The van der Waals surface area contributed by atoms with Gasteiger partial charge in [0.25, 0.3) is 0 Å². The molecule has 0 heterocycles. The summed E-state index contributed by atoms with van der Waals surface area (Å²) < 4.78 is 0. The largest absolute Gasteiger partial charge is 0.269 e. The predicted octanol–water partition coefficient (Wildman–Crippen LogP) is 5.69. The van der Waals surface area contributed by atoms with Gasteiger partial charge < -0.3 is 0 Å². The second-order valence-electron chi connectivity index (χ2n) is 3.83. The number of halogens is 5. The van der Waals surface area contributed by atoms with Crippen molar-refractivity contribution < 1.29 is 23.5 Å². The molecule has 0 aromatic rings. The van der Waals surface area contributed by atoms with Gasteiger partial charge in [-0.1, -0.05) is 78.1 Å². The highest BCUT2D eigenvalue weighted by atomic mass is 19.0. The van der Waals surface area contributed by atoms with Gasteiger partial charge in [0.05, 0.1) is 0 Å². The molecule has 0 fully saturated rings. The maximum atomic E-state index is 2.28. The summed E-state index contributed by atoms with van der Waals surface area (Å²) in [5.74, 6) is 0. The molecule has 17 heavy (non-hydrogen) atoms. The highest BCUT2D eigenvalue weighted by molar-refractivity contribution is 4.45. The number of rotatable bonds is 9. The predicted molar refractivity (Wildman–Crippen MR) is 70.0 cm³/mol. The summed E-state index contributed by atoms with van der Waals surface area (Å²) >= 11 is 0. The third-order valence-electron chi connectivity index (χ3n) is 2.46. The molecule has 0 radical (unpaired) electrons. The highest BCUT2D eigenvalue weighted by Gasteiger charge is 1.90. The Morgan fingerprint density at radius 1 is 0.353 bits per heavy atom. The second-order valence-corrected chi connectivity index (χ2v) is 3.83. The van der Waals surface area contributed by atoms with E-state index >= 15 is 0 Å². The van der Waals surface area contributed by atoms with Crippen LogP contribution in [0, 0.1) is 0 Å². The minimum absolute atomic E-state index is 0. The Kier molecular flexibility index (Phi) is 76.3. The number of hydrogen-bond acceptors (Lipinski definition) is 0. The first-order chi connectivity index (χ1) is 5.91. The molecule has 0 atom stereocenters. The lowest BCUT2D eigenvalue weighted by Crippen LogP contribution is -1.80. The first-order valence-corrected chi connectivity index (χ1v) is 5.91. The Morgan fingerprint density at radius 2 is 0.529 bits per heavy atom. The van der Waals surface area contributed by atoms with E-state index in [1.807, 2.05) is 0 Å². The van der Waals surface area contributed by atoms with Gasteiger partial charge in [0.2, 0.25) is 0 Å². The van der Waals surface area contributed by atoms with Crippen LogP contribution < -0.4 is 0 Å². The van der Waals surface area contributed by atoms with E-state index in [-0.39, 0.29) is 23.5 Å². The quantitative estimate of drug-likeness (QED) is 0.373. The Labute approximate surface area is 102 Å². The summed E-state index contributed by atoms with van der Waals surface area (Å²) in [4.78, 5) is 0. The topological polar surface area (TPSA) is 0 Å². The SMILES string of the molecule is CCCCCCCCCCCC.F.F.F.F.F. The van der Waals surface area contributed by atoms with Crippen molar-refractivity contribution in [2.75, 3.05) is 0 Å². The fourth-order valence-corrected chi connectivity index (χ4v) is 1.56. The van der Waals surface area contributed by atoms with Gasteiger partial charge >= 0.3 is 0 Å². The van der Waals surface area contributed by atoms with Gasteiger partial charge in [-0.05, 0) is 0 Å². The van der Waals surface area contributed by atoms with Crippen LogP contribution in [0.5, 0.6) is 0 Å². The molecule has 0 aliphatic carbocycles. The van der Waals surface area contributed by atoms with Crippen molar-refractivity contribution in [1.82, 2.24) is 0 Å². The lowest BCUT2D eigenvalue weighted by Gasteiger charge is -1.99. The average Bonchev–Trinajstić information content (AvgIpc) is 2.10. The first-order valence-electron chi connectivity index (χ1n) is 5.91. The van der Waals surface area contributed by atoms with Gasteiger partial charge in [-0.2, -0.15) is 0 Å². The molecular formula is C12H31F5. The van der Waals surface area contributed by atoms with E-state index in [2.05, 4.69) is 13.8 Å². The molecule has 0 N–H and O–H groups in total. The van der Waals surface area contributed by atoms with E-state index in [4.69, 9.17) is 0 Å². The average molecular weight is 270 g/mol. The van der Waals surface area contributed by atoms with Gasteiger partial charge in [0.1, 0.15) is 0 Å². The molecule has 0 rings (SSSR count). The smallest absolute Gasteiger partial charge is 0.0533 e. The monoisotopic (exact) mass is 270 g/mol. The summed E-state index contributed by atoms with van der Waals surface area (Å²) in [6, 6.07) is 0. The third kappa shape index (κ3) is 39.0. The first kappa shape index (κ1) is 36.0. The van der Waals surface area contributed by atoms with E-state index in [1.54, 1.807) is 0 Å². The van der Waals surface area contributed by atoms with E-state index < -0.39 is 0 Å².